The van der Waals surface area contributed by atoms with Gasteiger partial charge in [-0.2, -0.15) is 0 Å². The molecule has 0 spiro atoms. The number of halogens is 2. The van der Waals surface area contributed by atoms with Crippen LogP contribution in [0.25, 0.3) is 0 Å². The molecule has 0 N–H and O–H groups in total. The fourth-order valence-electron chi connectivity index (χ4n) is 2.15. The number of hydrogen-bond acceptors (Lipinski definition) is 3. The predicted octanol–water partition coefficient (Wildman–Crippen LogP) is 3.48. The number of nitrogens with zero attached hydrogens (tertiary/aromatic N) is 1. The predicted molar refractivity (Wildman–Crippen MR) is 87.6 cm³/mol. The molecule has 0 heterocycles. The fourth-order valence-corrected chi connectivity index (χ4v) is 3.91. The number of aryl methyl sites for hydroxylation is 1. The summed E-state index contributed by atoms with van der Waals surface area (Å²) in [7, 11) is -4.07. The van der Waals surface area contributed by atoms with Gasteiger partial charge in [-0.1, -0.05) is 12.1 Å². The molecule has 0 aliphatic carbocycles. The van der Waals surface area contributed by atoms with Gasteiger partial charge in [-0.05, 0) is 67.4 Å². The van der Waals surface area contributed by atoms with E-state index < -0.39 is 27.1 Å². The van der Waals surface area contributed by atoms with Gasteiger partial charge in [0.1, 0.15) is 11.9 Å². The maximum Gasteiger partial charge on any atom is 0.265 e. The second kappa shape index (κ2) is 6.68. The van der Waals surface area contributed by atoms with Crippen molar-refractivity contribution in [3.05, 3.63) is 59.9 Å². The normalized spacial score (nSPS) is 12.7. The molecule has 2 aromatic rings. The lowest BCUT2D eigenvalue weighted by molar-refractivity contribution is -0.112. The maximum absolute atomic E-state index is 13.1. The van der Waals surface area contributed by atoms with E-state index in [-0.39, 0.29) is 4.90 Å². The smallest absolute Gasteiger partial charge is 0.265 e. The summed E-state index contributed by atoms with van der Waals surface area (Å²) in [5.41, 5.74) is 1.15. The molecule has 0 fully saturated rings. The zero-order chi connectivity index (χ0) is 17.2. The lowest BCUT2D eigenvalue weighted by Crippen LogP contribution is -2.42. The summed E-state index contributed by atoms with van der Waals surface area (Å²) in [5, 5.41) is -0.808. The Labute approximate surface area is 139 Å². The van der Waals surface area contributed by atoms with Crippen LogP contribution in [0, 0.1) is 12.7 Å². The zero-order valence-electron chi connectivity index (χ0n) is 12.5. The first-order valence-electron chi connectivity index (χ1n) is 6.79. The van der Waals surface area contributed by atoms with Gasteiger partial charge < -0.3 is 0 Å². The van der Waals surface area contributed by atoms with Crippen LogP contribution in [0.3, 0.4) is 0 Å². The number of sulfonamides is 1. The van der Waals surface area contributed by atoms with E-state index in [4.69, 9.17) is 11.6 Å². The van der Waals surface area contributed by atoms with Crippen molar-refractivity contribution in [2.45, 2.75) is 24.8 Å². The summed E-state index contributed by atoms with van der Waals surface area (Å²) < 4.78 is 39.8. The van der Waals surface area contributed by atoms with Crippen molar-refractivity contribution < 1.29 is 17.6 Å². The van der Waals surface area contributed by atoms with Crippen molar-refractivity contribution in [1.82, 2.24) is 0 Å². The van der Waals surface area contributed by atoms with Gasteiger partial charge in [-0.3, -0.25) is 9.10 Å². The Bertz CT molecular complexity index is 821. The van der Waals surface area contributed by atoms with Crippen LogP contribution >= 0.6 is 11.6 Å². The first-order valence-corrected chi connectivity index (χ1v) is 8.61. The average molecular weight is 356 g/mol. The summed E-state index contributed by atoms with van der Waals surface area (Å²) in [6.07, 6.45) is 0. The summed E-state index contributed by atoms with van der Waals surface area (Å²) in [6.45, 7) is 3.21. The molecule has 0 amide bonds. The van der Waals surface area contributed by atoms with Gasteiger partial charge in [0.05, 0.1) is 10.6 Å². The van der Waals surface area contributed by atoms with Gasteiger partial charge in [0.2, 0.25) is 5.24 Å². The van der Waals surface area contributed by atoms with E-state index in [1.165, 1.54) is 6.92 Å². The van der Waals surface area contributed by atoms with Gasteiger partial charge in [-0.15, -0.1) is 0 Å². The Morgan fingerprint density at radius 1 is 1.17 bits per heavy atom. The monoisotopic (exact) mass is 355 g/mol. The Balaban J connectivity index is 2.61. The van der Waals surface area contributed by atoms with Crippen molar-refractivity contribution in [3.63, 3.8) is 0 Å². The number of hydrogen-bond donors (Lipinski definition) is 0. The van der Waals surface area contributed by atoms with Crippen molar-refractivity contribution in [2.24, 2.45) is 0 Å². The number of benzene rings is 2. The first kappa shape index (κ1) is 17.4. The van der Waals surface area contributed by atoms with E-state index in [9.17, 15) is 17.6 Å². The Hall–Kier alpha value is -1.92. The van der Waals surface area contributed by atoms with Crippen LogP contribution in [0.5, 0.6) is 0 Å². The van der Waals surface area contributed by atoms with Crippen molar-refractivity contribution in [2.75, 3.05) is 4.31 Å². The molecule has 1 unspecified atom stereocenters. The standard InChI is InChI=1S/C16H15ClFNO3S/c1-11-4-3-5-14(10-11)19(12(2)16(17)20)23(21,22)15-8-6-13(18)7-9-15/h3-10,12H,1-2H3. The van der Waals surface area contributed by atoms with Gasteiger partial charge in [0, 0.05) is 0 Å². The number of carbonyl (C=O) groups excluding carboxylic acids is 1. The number of anilines is 1. The molecule has 7 heteroatoms. The van der Waals surface area contributed by atoms with Crippen LogP contribution in [0.2, 0.25) is 0 Å². The molecule has 0 aliphatic heterocycles. The maximum atomic E-state index is 13.1. The van der Waals surface area contributed by atoms with Crippen LogP contribution in [0.15, 0.2) is 53.4 Å². The molecule has 0 saturated carbocycles. The minimum atomic E-state index is -4.07. The van der Waals surface area contributed by atoms with E-state index in [2.05, 4.69) is 0 Å². The van der Waals surface area contributed by atoms with Gasteiger partial charge >= 0.3 is 0 Å². The van der Waals surface area contributed by atoms with Crippen LogP contribution in [-0.2, 0) is 14.8 Å². The summed E-state index contributed by atoms with van der Waals surface area (Å²) in [5.74, 6) is -0.549. The first-order chi connectivity index (χ1) is 10.7. The van der Waals surface area contributed by atoms with E-state index in [1.54, 1.807) is 31.2 Å². The molecular weight excluding hydrogens is 341 g/mol. The van der Waals surface area contributed by atoms with Crippen molar-refractivity contribution >= 4 is 32.6 Å². The van der Waals surface area contributed by atoms with Gasteiger partial charge in [0.25, 0.3) is 10.0 Å². The molecule has 0 aliphatic rings. The van der Waals surface area contributed by atoms with Crippen LogP contribution in [0.4, 0.5) is 10.1 Å². The number of rotatable bonds is 5. The van der Waals surface area contributed by atoms with Crippen LogP contribution < -0.4 is 4.31 Å². The Morgan fingerprint density at radius 2 is 1.78 bits per heavy atom. The third kappa shape index (κ3) is 3.71. The highest BCUT2D eigenvalue weighted by Gasteiger charge is 2.32. The van der Waals surface area contributed by atoms with Gasteiger partial charge in [-0.25, -0.2) is 12.8 Å². The van der Waals surface area contributed by atoms with Crippen molar-refractivity contribution in [3.8, 4) is 0 Å². The summed E-state index contributed by atoms with van der Waals surface area (Å²) >= 11 is 5.53. The molecule has 2 rings (SSSR count). The third-order valence-electron chi connectivity index (χ3n) is 3.31. The Morgan fingerprint density at radius 3 is 2.30 bits per heavy atom. The molecule has 0 bridgehead atoms. The lowest BCUT2D eigenvalue weighted by atomic mass is 10.2. The highest BCUT2D eigenvalue weighted by molar-refractivity contribution is 7.93. The molecule has 1 atom stereocenters. The van der Waals surface area contributed by atoms with E-state index in [1.807, 2.05) is 0 Å². The highest BCUT2D eigenvalue weighted by Crippen LogP contribution is 2.27. The minimum Gasteiger partial charge on any atom is -0.279 e. The molecule has 0 aromatic heterocycles. The Kier molecular flexibility index (Phi) is 5.06. The fraction of sp³-hybridized carbons (Fsp3) is 0.188. The quantitative estimate of drug-likeness (QED) is 0.771. The van der Waals surface area contributed by atoms with E-state index in [0.29, 0.717) is 5.69 Å². The highest BCUT2D eigenvalue weighted by atomic mass is 35.5. The summed E-state index contributed by atoms with van der Waals surface area (Å²) in [6, 6.07) is 10.00. The molecule has 122 valence electrons. The number of carbonyl (C=O) groups is 1. The topological polar surface area (TPSA) is 54.5 Å². The van der Waals surface area contributed by atoms with Crippen LogP contribution in [0.1, 0.15) is 12.5 Å². The lowest BCUT2D eigenvalue weighted by Gasteiger charge is -2.28. The molecule has 0 saturated heterocycles. The second-order valence-corrected chi connectivity index (χ2v) is 7.26. The van der Waals surface area contributed by atoms with E-state index in [0.717, 1.165) is 34.1 Å². The molecule has 0 radical (unpaired) electrons. The zero-order valence-corrected chi connectivity index (χ0v) is 14.1. The average Bonchev–Trinajstić information content (AvgIpc) is 2.47. The largest absolute Gasteiger partial charge is 0.279 e. The second-order valence-electron chi connectivity index (χ2n) is 5.07. The SMILES string of the molecule is Cc1cccc(N(C(C)C(=O)Cl)S(=O)(=O)c2ccc(F)cc2)c1. The van der Waals surface area contributed by atoms with Crippen molar-refractivity contribution in [1.29, 1.82) is 0 Å². The molecule has 4 nitrogen and oxygen atoms in total. The van der Waals surface area contributed by atoms with Gasteiger partial charge in [0.15, 0.2) is 0 Å². The van der Waals surface area contributed by atoms with Crippen LogP contribution in [-0.4, -0.2) is 19.7 Å². The summed E-state index contributed by atoms with van der Waals surface area (Å²) in [4.78, 5) is 11.5. The van der Waals surface area contributed by atoms with E-state index >= 15 is 0 Å². The molecule has 2 aromatic carbocycles. The minimum absolute atomic E-state index is 0.120. The third-order valence-corrected chi connectivity index (χ3v) is 5.54. The molecular formula is C16H15ClFNO3S. The molecule has 23 heavy (non-hydrogen) atoms.